The molecule has 1 fully saturated rings. The van der Waals surface area contributed by atoms with E-state index in [-0.39, 0.29) is 41.6 Å². The van der Waals surface area contributed by atoms with Crippen LogP contribution in [0.1, 0.15) is 12.1 Å². The highest BCUT2D eigenvalue weighted by atomic mass is 32.1. The van der Waals surface area contributed by atoms with Crippen molar-refractivity contribution < 1.29 is 33.9 Å². The Labute approximate surface area is 173 Å². The van der Waals surface area contributed by atoms with Crippen LogP contribution in [0.5, 0.6) is 0 Å². The van der Waals surface area contributed by atoms with E-state index >= 15 is 0 Å². The third-order valence-corrected chi connectivity index (χ3v) is 5.08. The van der Waals surface area contributed by atoms with E-state index in [1.54, 1.807) is 0 Å². The average Bonchev–Trinajstić information content (AvgIpc) is 3.28. The van der Waals surface area contributed by atoms with E-state index in [9.17, 15) is 24.3 Å². The Kier molecular flexibility index (Phi) is 5.98. The lowest BCUT2D eigenvalue weighted by Gasteiger charge is -2.33. The maximum atomic E-state index is 12.9. The van der Waals surface area contributed by atoms with Gasteiger partial charge >= 0.3 is 11.9 Å². The first-order valence-electron chi connectivity index (χ1n) is 8.55. The maximum Gasteiger partial charge on any atom is 0.354 e. The first kappa shape index (κ1) is 21.2. The summed E-state index contributed by atoms with van der Waals surface area (Å²) in [5.74, 6) is -3.75. The number of carbonyl (C=O) groups is 4. The van der Waals surface area contributed by atoms with E-state index in [0.717, 1.165) is 23.5 Å². The maximum absolute atomic E-state index is 12.9. The molecule has 13 nitrogen and oxygen atoms in total. The van der Waals surface area contributed by atoms with Gasteiger partial charge in [-0.1, -0.05) is 5.16 Å². The fourth-order valence-corrected chi connectivity index (χ4v) is 3.70. The summed E-state index contributed by atoms with van der Waals surface area (Å²) in [7, 11) is 2.37. The molecule has 2 aliphatic rings. The second-order valence-electron chi connectivity index (χ2n) is 6.16. The number of carbonyl (C=O) groups excluding carboxylic acids is 3. The number of hydrazine groups is 1. The number of fused-ring (bicyclic) bond motifs is 1. The van der Waals surface area contributed by atoms with Crippen molar-refractivity contribution in [1.82, 2.24) is 20.3 Å². The van der Waals surface area contributed by atoms with Gasteiger partial charge in [0.2, 0.25) is 0 Å². The molecule has 0 saturated carbocycles. The number of methoxy groups -OCH3 is 1. The van der Waals surface area contributed by atoms with Crippen LogP contribution in [-0.2, 0) is 28.8 Å². The predicted octanol–water partition coefficient (Wildman–Crippen LogP) is -1.46. The topological polar surface area (TPSA) is 177 Å². The molecule has 1 atom stereocenters. The number of amides is 2. The highest BCUT2D eigenvalue weighted by Gasteiger charge is 2.47. The number of rotatable bonds is 6. The highest BCUT2D eigenvalue weighted by Crippen LogP contribution is 2.29. The Morgan fingerprint density at radius 2 is 2.13 bits per heavy atom. The molecule has 0 aliphatic carbocycles. The van der Waals surface area contributed by atoms with Crippen LogP contribution in [-0.4, -0.2) is 82.9 Å². The average molecular weight is 438 g/mol. The summed E-state index contributed by atoms with van der Waals surface area (Å²) in [5, 5.41) is 19.8. The molecule has 0 aromatic carbocycles. The van der Waals surface area contributed by atoms with Gasteiger partial charge in [-0.3, -0.25) is 9.59 Å². The van der Waals surface area contributed by atoms with Crippen molar-refractivity contribution in [1.29, 1.82) is 0 Å². The molecule has 0 spiro atoms. The molecule has 2 amide bonds. The number of aliphatic carboxylic acids is 1. The largest absolute Gasteiger partial charge is 0.477 e. The summed E-state index contributed by atoms with van der Waals surface area (Å²) < 4.78 is 4.62. The molecule has 1 saturated heterocycles. The number of oxime groups is 1. The molecule has 3 rings (SSSR count). The molecule has 1 aromatic rings. The number of ether oxygens (including phenoxy) is 1. The normalized spacial score (nSPS) is 19.5. The van der Waals surface area contributed by atoms with Crippen molar-refractivity contribution in [2.75, 3.05) is 33.0 Å². The number of nitrogens with one attached hydrogen (secondary N) is 1. The van der Waals surface area contributed by atoms with Crippen LogP contribution < -0.4 is 11.1 Å². The number of hydrogen-bond acceptors (Lipinski definition) is 11. The van der Waals surface area contributed by atoms with Gasteiger partial charge in [0.05, 0.1) is 12.7 Å². The summed E-state index contributed by atoms with van der Waals surface area (Å²) in [6.07, 6.45) is 0.0766. The first-order chi connectivity index (χ1) is 14.3. The molecule has 30 heavy (non-hydrogen) atoms. The van der Waals surface area contributed by atoms with Gasteiger partial charge < -0.3 is 25.7 Å². The molecule has 4 N–H and O–H groups in total. The minimum absolute atomic E-state index is 0.00920. The molecule has 0 bridgehead atoms. The van der Waals surface area contributed by atoms with Gasteiger partial charge in [0, 0.05) is 18.5 Å². The van der Waals surface area contributed by atoms with Crippen molar-refractivity contribution in [3.8, 4) is 0 Å². The molecule has 160 valence electrons. The van der Waals surface area contributed by atoms with Crippen LogP contribution in [0.15, 0.2) is 21.8 Å². The number of thiazole rings is 1. The molecule has 1 aromatic heterocycles. The van der Waals surface area contributed by atoms with Crippen LogP contribution in [0.3, 0.4) is 0 Å². The number of carboxylic acid groups (broad SMARTS) is 1. The van der Waals surface area contributed by atoms with Crippen LogP contribution >= 0.6 is 11.3 Å². The van der Waals surface area contributed by atoms with Crippen LogP contribution in [0.4, 0.5) is 5.13 Å². The monoisotopic (exact) mass is 438 g/mol. The second-order valence-corrected chi connectivity index (χ2v) is 7.05. The Bertz CT molecular complexity index is 971. The number of nitrogen functional groups attached to an aromatic ring is 1. The van der Waals surface area contributed by atoms with E-state index in [4.69, 9.17) is 5.73 Å². The van der Waals surface area contributed by atoms with Gasteiger partial charge in [-0.2, -0.15) is 0 Å². The molecule has 0 unspecified atom stereocenters. The Morgan fingerprint density at radius 3 is 2.70 bits per heavy atom. The van der Waals surface area contributed by atoms with Crippen molar-refractivity contribution in [3.05, 3.63) is 22.3 Å². The second kappa shape index (κ2) is 8.46. The van der Waals surface area contributed by atoms with Gasteiger partial charge in [-0.25, -0.2) is 24.6 Å². The molecular weight excluding hydrogens is 420 g/mol. The smallest absolute Gasteiger partial charge is 0.354 e. The number of esters is 1. The molecular formula is C16H18N6O7S. The summed E-state index contributed by atoms with van der Waals surface area (Å²) in [5.41, 5.74) is 4.94. The lowest BCUT2D eigenvalue weighted by Crippen LogP contribution is -2.47. The van der Waals surface area contributed by atoms with Gasteiger partial charge in [-0.05, 0) is 6.42 Å². The van der Waals surface area contributed by atoms with Crippen molar-refractivity contribution in [2.24, 2.45) is 5.16 Å². The summed E-state index contributed by atoms with van der Waals surface area (Å²) in [6, 6.07) is -1.08. The number of hydrogen-bond donors (Lipinski definition) is 3. The van der Waals surface area contributed by atoms with Crippen LogP contribution in [0, 0.1) is 0 Å². The number of carboxylic acids is 1. The van der Waals surface area contributed by atoms with E-state index in [2.05, 4.69) is 25.0 Å². The fourth-order valence-electron chi connectivity index (χ4n) is 3.16. The third kappa shape index (κ3) is 3.81. The molecule has 3 heterocycles. The highest BCUT2D eigenvalue weighted by molar-refractivity contribution is 7.13. The minimum Gasteiger partial charge on any atom is -0.477 e. The van der Waals surface area contributed by atoms with E-state index in [1.165, 1.54) is 17.5 Å². The zero-order valence-corrected chi connectivity index (χ0v) is 16.8. The van der Waals surface area contributed by atoms with Crippen LogP contribution in [0.25, 0.3) is 0 Å². The first-order valence-corrected chi connectivity index (χ1v) is 9.43. The number of aromatic nitrogens is 1. The van der Waals surface area contributed by atoms with Crippen LogP contribution in [0.2, 0.25) is 0 Å². The number of anilines is 1. The van der Waals surface area contributed by atoms with E-state index < -0.39 is 35.5 Å². The van der Waals surface area contributed by atoms with Gasteiger partial charge in [0.1, 0.15) is 18.8 Å². The third-order valence-electron chi connectivity index (χ3n) is 4.40. The van der Waals surface area contributed by atoms with Gasteiger partial charge in [-0.15, -0.1) is 11.3 Å². The predicted molar refractivity (Wildman–Crippen MR) is 102 cm³/mol. The quantitative estimate of drug-likeness (QED) is 0.270. The molecule has 0 radical (unpaired) electrons. The Hall–Kier alpha value is -3.52. The summed E-state index contributed by atoms with van der Waals surface area (Å²) >= 11 is 1.10. The SMILES string of the molecule is CO/N=C(\C(=O)N[C@@H]1CN2CCC(C(=O)OC)=C(C(=O)O)N2C1=O)c1csc(N)n1. The molecule has 2 aliphatic heterocycles. The summed E-state index contributed by atoms with van der Waals surface area (Å²) in [6.45, 7) is 0.205. The number of nitrogens with two attached hydrogens (primary N) is 1. The van der Waals surface area contributed by atoms with E-state index in [0.29, 0.717) is 0 Å². The zero-order valence-electron chi connectivity index (χ0n) is 15.9. The Morgan fingerprint density at radius 1 is 1.40 bits per heavy atom. The van der Waals surface area contributed by atoms with Gasteiger partial charge in [0.25, 0.3) is 11.8 Å². The standard InChI is InChI=1S/C16H18N6O7S/c1-28-15(27)7-3-4-21-5-8(13(24)22(21)11(7)14(25)26)18-12(23)10(20-29-2)9-6-30-16(17)19-9/h6,8H,3-5H2,1-2H3,(H2,17,19)(H,18,23)(H,25,26)/b20-10-/t8-/m1/s1. The van der Waals surface area contributed by atoms with Crippen molar-refractivity contribution >= 4 is 45.9 Å². The number of nitrogens with zero attached hydrogens (tertiary/aromatic N) is 4. The van der Waals surface area contributed by atoms with Gasteiger partial charge in [0.15, 0.2) is 16.5 Å². The van der Waals surface area contributed by atoms with Crippen molar-refractivity contribution in [3.63, 3.8) is 0 Å². The summed E-state index contributed by atoms with van der Waals surface area (Å²) in [4.78, 5) is 57.9. The molecule has 14 heteroatoms. The fraction of sp³-hybridized carbons (Fsp3) is 0.375. The van der Waals surface area contributed by atoms with E-state index in [1.807, 2.05) is 0 Å². The lowest BCUT2D eigenvalue weighted by molar-refractivity contribution is -0.148. The minimum atomic E-state index is -1.46. The zero-order chi connectivity index (χ0) is 22.0. The Balaban J connectivity index is 1.85. The lowest BCUT2D eigenvalue weighted by atomic mass is 10.1. The van der Waals surface area contributed by atoms with Crippen molar-refractivity contribution in [2.45, 2.75) is 12.5 Å².